The van der Waals surface area contributed by atoms with E-state index in [4.69, 9.17) is 4.74 Å². The van der Waals surface area contributed by atoms with Crippen molar-refractivity contribution >= 4 is 5.91 Å². The third-order valence-corrected chi connectivity index (χ3v) is 3.16. The van der Waals surface area contributed by atoms with Crippen LogP contribution in [0.4, 0.5) is 0 Å². The number of nitrogens with zero attached hydrogens (tertiary/aromatic N) is 1. The molecule has 0 aromatic carbocycles. The van der Waals surface area contributed by atoms with Crippen molar-refractivity contribution < 1.29 is 9.53 Å². The highest BCUT2D eigenvalue weighted by atomic mass is 16.5. The van der Waals surface area contributed by atoms with E-state index in [1.165, 1.54) is 0 Å². The Morgan fingerprint density at radius 2 is 2.36 bits per heavy atom. The summed E-state index contributed by atoms with van der Waals surface area (Å²) in [6, 6.07) is -0.122. The van der Waals surface area contributed by atoms with Crippen molar-refractivity contribution in [3.05, 3.63) is 0 Å². The quantitative estimate of drug-likeness (QED) is 0.644. The summed E-state index contributed by atoms with van der Waals surface area (Å²) >= 11 is 0. The highest BCUT2D eigenvalue weighted by Gasteiger charge is 2.41. The molecule has 14 heavy (non-hydrogen) atoms. The molecule has 0 saturated carbocycles. The Bertz CT molecular complexity index is 234. The monoisotopic (exact) mass is 198 g/mol. The smallest absolute Gasteiger partial charge is 0.242 e. The Morgan fingerprint density at radius 1 is 1.57 bits per heavy atom. The fourth-order valence-electron chi connectivity index (χ4n) is 1.99. The molecular formula is C10H18N2O2. The van der Waals surface area contributed by atoms with Crippen LogP contribution in [0.15, 0.2) is 0 Å². The molecule has 4 heteroatoms. The van der Waals surface area contributed by atoms with Gasteiger partial charge in [0.15, 0.2) is 0 Å². The van der Waals surface area contributed by atoms with Crippen LogP contribution in [0, 0.1) is 0 Å². The maximum atomic E-state index is 12.0. The predicted octanol–water partition coefficient (Wildman–Crippen LogP) is -0.0143. The van der Waals surface area contributed by atoms with Crippen molar-refractivity contribution in [3.63, 3.8) is 0 Å². The minimum absolute atomic E-state index is 0.0518. The standard InChI is InChI=1S/C10H18N2O2/c1-10(2)3-5-12(10)9(13)8-7-14-6-4-11-8/h8,11H,3-7H2,1-2H3/t8-/m1/s1. The molecule has 2 rings (SSSR count). The molecule has 2 aliphatic heterocycles. The minimum atomic E-state index is -0.122. The van der Waals surface area contributed by atoms with E-state index in [-0.39, 0.29) is 17.5 Å². The minimum Gasteiger partial charge on any atom is -0.378 e. The van der Waals surface area contributed by atoms with Crippen molar-refractivity contribution in [1.29, 1.82) is 0 Å². The first-order valence-electron chi connectivity index (χ1n) is 5.24. The van der Waals surface area contributed by atoms with Crippen LogP contribution in [0.25, 0.3) is 0 Å². The number of ether oxygens (including phenoxy) is 1. The van der Waals surface area contributed by atoms with Gasteiger partial charge in [-0.05, 0) is 20.3 Å². The highest BCUT2D eigenvalue weighted by Crippen LogP contribution is 2.29. The lowest BCUT2D eigenvalue weighted by Gasteiger charge is -2.50. The van der Waals surface area contributed by atoms with E-state index in [2.05, 4.69) is 19.2 Å². The molecule has 0 aliphatic carbocycles. The third-order valence-electron chi connectivity index (χ3n) is 3.16. The van der Waals surface area contributed by atoms with Gasteiger partial charge in [0, 0.05) is 18.6 Å². The number of likely N-dealkylation sites (tertiary alicyclic amines) is 1. The van der Waals surface area contributed by atoms with Gasteiger partial charge in [0.25, 0.3) is 0 Å². The molecule has 4 nitrogen and oxygen atoms in total. The Balaban J connectivity index is 1.94. The van der Waals surface area contributed by atoms with Crippen molar-refractivity contribution in [3.8, 4) is 0 Å². The summed E-state index contributed by atoms with van der Waals surface area (Å²) in [4.78, 5) is 13.9. The fourth-order valence-corrected chi connectivity index (χ4v) is 1.99. The summed E-state index contributed by atoms with van der Waals surface area (Å²) in [5, 5.41) is 3.19. The molecular weight excluding hydrogens is 180 g/mol. The number of hydrogen-bond acceptors (Lipinski definition) is 3. The Labute approximate surface area is 84.6 Å². The van der Waals surface area contributed by atoms with Crippen LogP contribution in [-0.2, 0) is 9.53 Å². The van der Waals surface area contributed by atoms with Crippen LogP contribution in [0.2, 0.25) is 0 Å². The van der Waals surface area contributed by atoms with Gasteiger partial charge in [-0.1, -0.05) is 0 Å². The molecule has 1 amide bonds. The second-order valence-electron chi connectivity index (χ2n) is 4.63. The Morgan fingerprint density at radius 3 is 2.79 bits per heavy atom. The van der Waals surface area contributed by atoms with Crippen molar-refractivity contribution in [1.82, 2.24) is 10.2 Å². The normalized spacial score (nSPS) is 31.0. The average Bonchev–Trinajstić information content (AvgIpc) is 2.18. The van der Waals surface area contributed by atoms with Gasteiger partial charge in [-0.15, -0.1) is 0 Å². The number of rotatable bonds is 1. The SMILES string of the molecule is CC1(C)CCN1C(=O)[C@H]1COCCN1. The molecule has 0 aromatic rings. The summed E-state index contributed by atoms with van der Waals surface area (Å²) in [5.74, 6) is 0.195. The molecule has 1 N–H and O–H groups in total. The first-order valence-corrected chi connectivity index (χ1v) is 5.24. The Kier molecular flexibility index (Phi) is 2.49. The van der Waals surface area contributed by atoms with Gasteiger partial charge in [-0.3, -0.25) is 4.79 Å². The van der Waals surface area contributed by atoms with Crippen LogP contribution in [0.3, 0.4) is 0 Å². The molecule has 0 radical (unpaired) electrons. The number of hydrogen-bond donors (Lipinski definition) is 1. The van der Waals surface area contributed by atoms with Gasteiger partial charge in [0.05, 0.1) is 13.2 Å². The average molecular weight is 198 g/mol. The number of carbonyl (C=O) groups excluding carboxylic acids is 1. The van der Waals surface area contributed by atoms with E-state index in [0.29, 0.717) is 13.2 Å². The molecule has 0 spiro atoms. The van der Waals surface area contributed by atoms with E-state index in [1.807, 2.05) is 4.90 Å². The van der Waals surface area contributed by atoms with Crippen LogP contribution < -0.4 is 5.32 Å². The number of morpholine rings is 1. The first kappa shape index (κ1) is 9.93. The molecule has 2 heterocycles. The zero-order valence-electron chi connectivity index (χ0n) is 8.88. The van der Waals surface area contributed by atoms with Crippen molar-refractivity contribution in [2.45, 2.75) is 31.8 Å². The van der Waals surface area contributed by atoms with Gasteiger partial charge in [0.1, 0.15) is 6.04 Å². The van der Waals surface area contributed by atoms with Gasteiger partial charge in [0.2, 0.25) is 5.91 Å². The molecule has 0 aromatic heterocycles. The lowest BCUT2D eigenvalue weighted by molar-refractivity contribution is -0.149. The fraction of sp³-hybridized carbons (Fsp3) is 0.900. The van der Waals surface area contributed by atoms with Gasteiger partial charge >= 0.3 is 0 Å². The lowest BCUT2D eigenvalue weighted by Crippen LogP contribution is -2.64. The lowest BCUT2D eigenvalue weighted by atomic mass is 9.88. The summed E-state index contributed by atoms with van der Waals surface area (Å²) < 4.78 is 5.28. The largest absolute Gasteiger partial charge is 0.378 e. The third kappa shape index (κ3) is 1.64. The maximum absolute atomic E-state index is 12.0. The van der Waals surface area contributed by atoms with Gasteiger partial charge < -0.3 is 15.0 Å². The molecule has 0 unspecified atom stereocenters. The number of nitrogens with one attached hydrogen (secondary N) is 1. The Hall–Kier alpha value is -0.610. The van der Waals surface area contributed by atoms with Crippen molar-refractivity contribution in [2.75, 3.05) is 26.3 Å². The molecule has 2 saturated heterocycles. The van der Waals surface area contributed by atoms with E-state index in [1.54, 1.807) is 0 Å². The van der Waals surface area contributed by atoms with Gasteiger partial charge in [-0.25, -0.2) is 0 Å². The van der Waals surface area contributed by atoms with Crippen LogP contribution in [-0.4, -0.2) is 48.7 Å². The number of carbonyl (C=O) groups is 1. The van der Waals surface area contributed by atoms with E-state index in [9.17, 15) is 4.79 Å². The van der Waals surface area contributed by atoms with Gasteiger partial charge in [-0.2, -0.15) is 0 Å². The molecule has 80 valence electrons. The highest BCUT2D eigenvalue weighted by molar-refractivity contribution is 5.83. The summed E-state index contributed by atoms with van der Waals surface area (Å²) in [7, 11) is 0. The second-order valence-corrected chi connectivity index (χ2v) is 4.63. The van der Waals surface area contributed by atoms with Crippen LogP contribution in [0.5, 0.6) is 0 Å². The van der Waals surface area contributed by atoms with E-state index < -0.39 is 0 Å². The van der Waals surface area contributed by atoms with Crippen LogP contribution >= 0.6 is 0 Å². The first-order chi connectivity index (χ1) is 6.61. The zero-order chi connectivity index (χ0) is 10.2. The van der Waals surface area contributed by atoms with E-state index in [0.717, 1.165) is 19.5 Å². The van der Waals surface area contributed by atoms with E-state index >= 15 is 0 Å². The summed E-state index contributed by atoms with van der Waals surface area (Å²) in [5.41, 5.74) is 0.0518. The zero-order valence-corrected chi connectivity index (χ0v) is 8.88. The molecule has 2 aliphatic rings. The number of amides is 1. The molecule has 1 atom stereocenters. The second kappa shape index (κ2) is 3.51. The van der Waals surface area contributed by atoms with Crippen molar-refractivity contribution in [2.24, 2.45) is 0 Å². The maximum Gasteiger partial charge on any atom is 0.242 e. The predicted molar refractivity (Wildman–Crippen MR) is 53.0 cm³/mol. The molecule has 0 bridgehead atoms. The summed E-state index contributed by atoms with van der Waals surface area (Å²) in [6.45, 7) is 7.13. The van der Waals surface area contributed by atoms with Crippen LogP contribution in [0.1, 0.15) is 20.3 Å². The molecule has 2 fully saturated rings. The summed E-state index contributed by atoms with van der Waals surface area (Å²) in [6.07, 6.45) is 1.10. The topological polar surface area (TPSA) is 41.6 Å².